The van der Waals surface area contributed by atoms with E-state index in [-0.39, 0.29) is 31.8 Å². The lowest BCUT2D eigenvalue weighted by Crippen LogP contribution is -2.54. The Morgan fingerprint density at radius 3 is 2.13 bits per heavy atom. The molecule has 0 saturated heterocycles. The first kappa shape index (κ1) is 37.5. The monoisotopic (exact) mass is 760 g/mol. The molecule has 2 aromatic heterocycles. The van der Waals surface area contributed by atoms with E-state index in [4.69, 9.17) is 23.6 Å². The van der Waals surface area contributed by atoms with Crippen molar-refractivity contribution in [2.75, 3.05) is 0 Å². The molecule has 3 aromatic carbocycles. The number of rotatable bonds is 11. The van der Waals surface area contributed by atoms with Gasteiger partial charge in [-0.25, -0.2) is 24.8 Å². The molecule has 12 nitrogen and oxygen atoms in total. The van der Waals surface area contributed by atoms with E-state index in [2.05, 4.69) is 26.2 Å². The first-order chi connectivity index (χ1) is 26.7. The molecule has 2 atom stereocenters. The molecule has 2 aliphatic heterocycles. The summed E-state index contributed by atoms with van der Waals surface area (Å²) in [4.78, 5) is 61.8. The smallest absolute Gasteiger partial charge is 0.431 e. The fraction of sp³-hybridized carbons (Fsp3) is 0.310. The van der Waals surface area contributed by atoms with Gasteiger partial charge in [0, 0.05) is 16.5 Å². The van der Waals surface area contributed by atoms with Crippen LogP contribution in [-0.2, 0) is 48.9 Å². The van der Waals surface area contributed by atoms with Crippen LogP contribution in [0, 0.1) is 0 Å². The van der Waals surface area contributed by atoms with Gasteiger partial charge in [0.25, 0.3) is 5.56 Å². The number of nitrogens with one attached hydrogen (secondary N) is 1. The van der Waals surface area contributed by atoms with Crippen molar-refractivity contribution >= 4 is 37.4 Å². The Labute approximate surface area is 320 Å². The predicted molar refractivity (Wildman–Crippen MR) is 208 cm³/mol. The largest absolute Gasteiger partial charge is 0.458 e. The quantitative estimate of drug-likeness (QED) is 0.0613. The lowest BCUT2D eigenvalue weighted by Gasteiger charge is -2.43. The lowest BCUT2D eigenvalue weighted by atomic mass is 9.86. The lowest BCUT2D eigenvalue weighted by molar-refractivity contribution is -0.170. The minimum Gasteiger partial charge on any atom is -0.458 e. The Hall–Kier alpha value is -5.79. The molecule has 0 bridgehead atoms. The van der Waals surface area contributed by atoms with Crippen LogP contribution in [0.3, 0.4) is 0 Å². The summed E-state index contributed by atoms with van der Waals surface area (Å²) in [5.74, 6) is -0.533. The summed E-state index contributed by atoms with van der Waals surface area (Å²) in [6.45, 7) is 7.62. The number of ether oxygens (including phenoxy) is 3. The second-order valence-electron chi connectivity index (χ2n) is 13.8. The highest BCUT2D eigenvalue weighted by molar-refractivity contribution is 6.73. The number of pyridine rings is 2. The molecule has 2 amide bonds. The maximum atomic E-state index is 15.0. The molecule has 0 fully saturated rings. The number of nitrogens with zero attached hydrogens (tertiary/aromatic N) is 3. The number of hydrazine groups is 1. The molecule has 0 radical (unpaired) electrons. The zero-order valence-electron chi connectivity index (χ0n) is 31.4. The van der Waals surface area contributed by atoms with Gasteiger partial charge in [0.1, 0.15) is 19.8 Å². The minimum absolute atomic E-state index is 0.0698. The van der Waals surface area contributed by atoms with Crippen molar-refractivity contribution in [3.63, 3.8) is 0 Å². The number of carbonyl (C=O) groups excluding carboxylic acids is 3. The minimum atomic E-state index is -2.45. The van der Waals surface area contributed by atoms with Gasteiger partial charge in [-0.2, -0.15) is 5.01 Å². The van der Waals surface area contributed by atoms with E-state index < -0.39 is 43.8 Å². The summed E-state index contributed by atoms with van der Waals surface area (Å²) in [5, 5.41) is 1.72. The van der Waals surface area contributed by atoms with E-state index in [0.29, 0.717) is 28.0 Å². The number of esters is 1. The Morgan fingerprint density at radius 1 is 0.873 bits per heavy atom. The Bertz CT molecular complexity index is 2290. The molecule has 0 saturated carbocycles. The van der Waals surface area contributed by atoms with Crippen molar-refractivity contribution in [1.29, 1.82) is 0 Å². The molecule has 4 heterocycles. The summed E-state index contributed by atoms with van der Waals surface area (Å²) >= 11 is 0. The van der Waals surface area contributed by atoms with Crippen LogP contribution < -0.4 is 11.0 Å². The summed E-state index contributed by atoms with van der Waals surface area (Å²) < 4.78 is 25.5. The van der Waals surface area contributed by atoms with E-state index >= 15 is 4.79 Å². The fourth-order valence-corrected chi connectivity index (χ4v) is 10.6. The van der Waals surface area contributed by atoms with Gasteiger partial charge in [0.2, 0.25) is 0 Å². The van der Waals surface area contributed by atoms with E-state index in [0.717, 1.165) is 39.7 Å². The Kier molecular flexibility index (Phi) is 10.6. The van der Waals surface area contributed by atoms with Gasteiger partial charge in [-0.05, 0) is 53.9 Å². The standard InChI is InChI=1S/C42H44N4O8Si/c1-5-42(54-55(6-2,7-3)8-4)33-24-35-36-31(23-30-21-15-16-22-34(30)43-36)37(45(35)38(47)32(33)27-51-39(42)48)46(41(50)53-26-29-19-13-10-14-20-29)44-40(49)52-25-28-17-11-9-12-18-28/h9-24,37H,5-8,25-27H2,1-4H3,(H,44,49)/t37-,42-/m0/s1. The summed E-state index contributed by atoms with van der Waals surface area (Å²) in [7, 11) is -2.45. The van der Waals surface area contributed by atoms with Crippen molar-refractivity contribution in [1.82, 2.24) is 20.0 Å². The molecule has 55 heavy (non-hydrogen) atoms. The number of benzene rings is 3. The highest BCUT2D eigenvalue weighted by atomic mass is 28.4. The number of hydrogen-bond acceptors (Lipinski definition) is 9. The molecule has 7 rings (SSSR count). The zero-order valence-corrected chi connectivity index (χ0v) is 32.4. The summed E-state index contributed by atoms with van der Waals surface area (Å²) in [5.41, 5.74) is 4.53. The van der Waals surface area contributed by atoms with Crippen molar-refractivity contribution in [2.24, 2.45) is 0 Å². The van der Waals surface area contributed by atoms with Crippen molar-refractivity contribution < 1.29 is 33.0 Å². The molecule has 5 aromatic rings. The molecule has 1 N–H and O–H groups in total. The van der Waals surface area contributed by atoms with Crippen LogP contribution in [-0.4, -0.2) is 41.0 Å². The van der Waals surface area contributed by atoms with Gasteiger partial charge >= 0.3 is 18.2 Å². The van der Waals surface area contributed by atoms with Crippen LogP contribution in [0.25, 0.3) is 22.3 Å². The summed E-state index contributed by atoms with van der Waals surface area (Å²) in [6.07, 6.45) is -2.91. The first-order valence-corrected chi connectivity index (χ1v) is 21.2. The number of cyclic esters (lactones) is 1. The van der Waals surface area contributed by atoms with Gasteiger partial charge in [-0.1, -0.05) is 107 Å². The normalized spacial score (nSPS) is 17.1. The van der Waals surface area contributed by atoms with Crippen molar-refractivity contribution in [3.8, 4) is 11.4 Å². The summed E-state index contributed by atoms with van der Waals surface area (Å²) in [6, 6.07) is 31.6. The molecule has 13 heteroatoms. The van der Waals surface area contributed by atoms with Crippen LogP contribution in [0.4, 0.5) is 9.59 Å². The zero-order chi connectivity index (χ0) is 38.7. The SMILES string of the molecule is CC[C@@]1(O[Si](CC)(CC)CC)C(=O)OCc2c1cc1n(c2=O)[C@@H](N(NC(=O)OCc2ccccc2)C(=O)OCc2ccccc2)c2cc3ccccc3nc2-1. The van der Waals surface area contributed by atoms with Gasteiger partial charge in [0.05, 0.1) is 22.5 Å². The van der Waals surface area contributed by atoms with Crippen LogP contribution in [0.15, 0.2) is 102 Å². The predicted octanol–water partition coefficient (Wildman–Crippen LogP) is 8.09. The number of amides is 2. The number of hydrogen-bond donors (Lipinski definition) is 1. The third kappa shape index (κ3) is 6.89. The molecule has 284 valence electrons. The average Bonchev–Trinajstić information content (AvgIpc) is 3.54. The van der Waals surface area contributed by atoms with Crippen LogP contribution >= 0.6 is 0 Å². The highest BCUT2D eigenvalue weighted by Gasteiger charge is 2.53. The molecule has 0 unspecified atom stereocenters. The van der Waals surface area contributed by atoms with E-state index in [1.54, 1.807) is 6.07 Å². The maximum absolute atomic E-state index is 15.0. The topological polar surface area (TPSA) is 138 Å². The van der Waals surface area contributed by atoms with E-state index in [1.807, 2.05) is 97.9 Å². The number of carbonyl (C=O) groups is 3. The second-order valence-corrected chi connectivity index (χ2v) is 18.5. The molecule has 0 spiro atoms. The third-order valence-electron chi connectivity index (χ3n) is 10.9. The third-order valence-corrected chi connectivity index (χ3v) is 15.5. The van der Waals surface area contributed by atoms with Crippen LogP contribution in [0.5, 0.6) is 0 Å². The van der Waals surface area contributed by atoms with Crippen LogP contribution in [0.1, 0.15) is 68.1 Å². The molecular formula is C42H44N4O8Si. The Morgan fingerprint density at radius 2 is 1.49 bits per heavy atom. The van der Waals surface area contributed by atoms with Gasteiger partial charge < -0.3 is 18.6 Å². The van der Waals surface area contributed by atoms with Crippen molar-refractivity contribution in [2.45, 2.75) is 83.8 Å². The number of aromatic nitrogens is 2. The Balaban J connectivity index is 1.39. The number of para-hydroxylation sites is 1. The van der Waals surface area contributed by atoms with Crippen molar-refractivity contribution in [3.05, 3.63) is 135 Å². The van der Waals surface area contributed by atoms with E-state index in [1.165, 1.54) is 4.57 Å². The van der Waals surface area contributed by atoms with Gasteiger partial charge in [-0.3, -0.25) is 9.36 Å². The molecule has 0 aliphatic carbocycles. The van der Waals surface area contributed by atoms with Gasteiger partial charge in [-0.15, -0.1) is 0 Å². The number of fused-ring (bicyclic) bond motifs is 5. The first-order valence-electron chi connectivity index (χ1n) is 18.7. The maximum Gasteiger partial charge on any atom is 0.431 e. The van der Waals surface area contributed by atoms with Crippen LogP contribution in [0.2, 0.25) is 18.1 Å². The van der Waals surface area contributed by atoms with E-state index in [9.17, 15) is 14.4 Å². The van der Waals surface area contributed by atoms with Gasteiger partial charge in [0.15, 0.2) is 20.1 Å². The second kappa shape index (κ2) is 15.5. The highest BCUT2D eigenvalue weighted by Crippen LogP contribution is 2.46. The molecular weight excluding hydrogens is 717 g/mol. The molecule has 2 aliphatic rings. The fourth-order valence-electron chi connectivity index (χ4n) is 7.57. The average molecular weight is 761 g/mol.